The average molecular weight is 186 g/mol. The van der Waals surface area contributed by atoms with Crippen molar-refractivity contribution in [1.82, 2.24) is 0 Å². The molecule has 1 aromatic carbocycles. The molecule has 0 aromatic heterocycles. The maximum Gasteiger partial charge on any atom is 0.127 e. The summed E-state index contributed by atoms with van der Waals surface area (Å²) in [7, 11) is 0. The smallest absolute Gasteiger partial charge is 0.127 e. The van der Waals surface area contributed by atoms with E-state index in [1.165, 1.54) is 0 Å². The maximum absolute atomic E-state index is 9.95. The Balaban J connectivity index is 2.40. The lowest BCUT2D eigenvalue weighted by Crippen LogP contribution is -1.92. The Morgan fingerprint density at radius 1 is 0.786 bits per heavy atom. The van der Waals surface area contributed by atoms with E-state index in [2.05, 4.69) is 0 Å². The Morgan fingerprint density at radius 2 is 1.21 bits per heavy atom. The molecular formula is C12H10O2. The number of hydrogen-bond acceptors (Lipinski definition) is 2. The van der Waals surface area contributed by atoms with Gasteiger partial charge in [-0.25, -0.2) is 0 Å². The summed E-state index contributed by atoms with van der Waals surface area (Å²) in [5.41, 5.74) is 3.30. The van der Waals surface area contributed by atoms with Gasteiger partial charge in [0.05, 0.1) is 0 Å². The molecule has 2 aliphatic carbocycles. The van der Waals surface area contributed by atoms with Gasteiger partial charge in [0, 0.05) is 22.3 Å². The molecule has 3 rings (SSSR count). The first kappa shape index (κ1) is 7.68. The van der Waals surface area contributed by atoms with Crippen LogP contribution in [0.5, 0.6) is 11.5 Å². The Bertz CT molecular complexity index is 436. The van der Waals surface area contributed by atoms with Gasteiger partial charge >= 0.3 is 0 Å². The Kier molecular flexibility index (Phi) is 1.32. The van der Waals surface area contributed by atoms with Crippen molar-refractivity contribution in [3.05, 3.63) is 34.4 Å². The first-order chi connectivity index (χ1) is 6.79. The number of hydrogen-bond donors (Lipinski definition) is 2. The zero-order chi connectivity index (χ0) is 9.71. The van der Waals surface area contributed by atoms with Crippen LogP contribution < -0.4 is 0 Å². The molecule has 2 heteroatoms. The highest BCUT2D eigenvalue weighted by molar-refractivity contribution is 5.80. The average Bonchev–Trinajstić information content (AvgIpc) is 2.82. The second-order valence-corrected chi connectivity index (χ2v) is 3.69. The number of benzene rings is 1. The lowest BCUT2D eigenvalue weighted by Gasteiger charge is -2.11. The minimum atomic E-state index is 0.339. The number of allylic oxidation sites excluding steroid dienone is 2. The number of phenols is 2. The normalized spacial score (nSPS) is 16.0. The number of aromatic hydroxyl groups is 2. The van der Waals surface area contributed by atoms with Crippen molar-refractivity contribution in [3.8, 4) is 11.5 Å². The molecule has 14 heavy (non-hydrogen) atoms. The summed E-state index contributed by atoms with van der Waals surface area (Å²) in [6.45, 7) is 0. The maximum atomic E-state index is 9.95. The molecule has 0 radical (unpaired) electrons. The van der Waals surface area contributed by atoms with Gasteiger partial charge in [0.2, 0.25) is 0 Å². The van der Waals surface area contributed by atoms with Gasteiger partial charge in [-0.3, -0.25) is 0 Å². The van der Waals surface area contributed by atoms with Crippen LogP contribution in [0.3, 0.4) is 0 Å². The number of fused-ring (bicyclic) bond motifs is 2. The third-order valence-corrected chi connectivity index (χ3v) is 2.95. The summed E-state index contributed by atoms with van der Waals surface area (Å²) in [4.78, 5) is 0. The van der Waals surface area contributed by atoms with Gasteiger partial charge in [0.25, 0.3) is 0 Å². The topological polar surface area (TPSA) is 40.5 Å². The molecule has 0 aliphatic heterocycles. The molecule has 0 amide bonds. The highest BCUT2D eigenvalue weighted by Gasteiger charge is 2.23. The van der Waals surface area contributed by atoms with Crippen LogP contribution in [0.2, 0.25) is 0 Å². The van der Waals surface area contributed by atoms with Crippen LogP contribution in [0.25, 0.3) is 12.2 Å². The molecular weight excluding hydrogens is 176 g/mol. The predicted molar refractivity (Wildman–Crippen MR) is 55.2 cm³/mol. The minimum absolute atomic E-state index is 0.339. The Labute approximate surface area is 81.8 Å². The highest BCUT2D eigenvalue weighted by atomic mass is 16.3. The van der Waals surface area contributed by atoms with Crippen molar-refractivity contribution >= 4 is 12.2 Å². The van der Waals surface area contributed by atoms with Gasteiger partial charge in [-0.1, -0.05) is 24.3 Å². The molecule has 0 heterocycles. The van der Waals surface area contributed by atoms with Gasteiger partial charge < -0.3 is 10.2 Å². The van der Waals surface area contributed by atoms with Crippen molar-refractivity contribution in [2.24, 2.45) is 0 Å². The second-order valence-electron chi connectivity index (χ2n) is 3.69. The lowest BCUT2D eigenvalue weighted by atomic mass is 9.98. The quantitative estimate of drug-likeness (QED) is 0.610. The Morgan fingerprint density at radius 3 is 1.64 bits per heavy atom. The number of rotatable bonds is 0. The third-order valence-electron chi connectivity index (χ3n) is 2.95. The molecule has 2 N–H and O–H groups in total. The SMILES string of the molecule is Oc1c2c(c(O)c3c1CC=C3)CC=C2. The van der Waals surface area contributed by atoms with Crippen molar-refractivity contribution in [1.29, 1.82) is 0 Å². The van der Waals surface area contributed by atoms with Crippen LogP contribution in [0.1, 0.15) is 22.3 Å². The predicted octanol–water partition coefficient (Wildman–Crippen LogP) is 2.24. The third kappa shape index (κ3) is 0.757. The van der Waals surface area contributed by atoms with Crippen LogP contribution in [0.15, 0.2) is 12.2 Å². The molecule has 70 valence electrons. The summed E-state index contributed by atoms with van der Waals surface area (Å²) in [5, 5.41) is 19.9. The molecule has 1 aromatic rings. The van der Waals surface area contributed by atoms with Gasteiger partial charge in [0.1, 0.15) is 11.5 Å². The fraction of sp³-hybridized carbons (Fsp3) is 0.167. The molecule has 0 bridgehead atoms. The summed E-state index contributed by atoms with van der Waals surface area (Å²) in [5.74, 6) is 0.679. The van der Waals surface area contributed by atoms with Crippen molar-refractivity contribution in [2.75, 3.05) is 0 Å². The van der Waals surface area contributed by atoms with Gasteiger partial charge in [-0.15, -0.1) is 0 Å². The van der Waals surface area contributed by atoms with Gasteiger partial charge in [-0.05, 0) is 12.8 Å². The van der Waals surface area contributed by atoms with Crippen LogP contribution >= 0.6 is 0 Å². The van der Waals surface area contributed by atoms with E-state index >= 15 is 0 Å². The molecule has 2 nitrogen and oxygen atoms in total. The fourth-order valence-corrected chi connectivity index (χ4v) is 2.23. The van der Waals surface area contributed by atoms with Gasteiger partial charge in [0.15, 0.2) is 0 Å². The summed E-state index contributed by atoms with van der Waals surface area (Å²) < 4.78 is 0. The Hall–Kier alpha value is -1.70. The van der Waals surface area contributed by atoms with Crippen molar-refractivity contribution < 1.29 is 10.2 Å². The molecule has 0 saturated carbocycles. The zero-order valence-corrected chi connectivity index (χ0v) is 7.62. The van der Waals surface area contributed by atoms with Crippen LogP contribution in [-0.4, -0.2) is 10.2 Å². The van der Waals surface area contributed by atoms with E-state index < -0.39 is 0 Å². The van der Waals surface area contributed by atoms with Gasteiger partial charge in [-0.2, -0.15) is 0 Å². The summed E-state index contributed by atoms with van der Waals surface area (Å²) in [6, 6.07) is 0. The standard InChI is InChI=1S/C12H10O2/c13-11-7-3-1-4-8(7)12(14)10-6-2-5-9(10)11/h1-3,6,13-14H,4-5H2. The summed E-state index contributed by atoms with van der Waals surface area (Å²) in [6.07, 6.45) is 9.11. The molecule has 0 saturated heterocycles. The van der Waals surface area contributed by atoms with E-state index in [1.807, 2.05) is 24.3 Å². The van der Waals surface area contributed by atoms with E-state index in [1.54, 1.807) is 0 Å². The highest BCUT2D eigenvalue weighted by Crippen LogP contribution is 2.44. The lowest BCUT2D eigenvalue weighted by molar-refractivity contribution is 0.450. The zero-order valence-electron chi connectivity index (χ0n) is 7.62. The van der Waals surface area contributed by atoms with E-state index in [4.69, 9.17) is 0 Å². The van der Waals surface area contributed by atoms with Crippen LogP contribution in [0, 0.1) is 0 Å². The monoisotopic (exact) mass is 186 g/mol. The molecule has 0 spiro atoms. The van der Waals surface area contributed by atoms with Crippen LogP contribution in [-0.2, 0) is 12.8 Å². The molecule has 0 atom stereocenters. The van der Waals surface area contributed by atoms with Crippen molar-refractivity contribution in [3.63, 3.8) is 0 Å². The van der Waals surface area contributed by atoms with E-state index in [0.29, 0.717) is 11.5 Å². The summed E-state index contributed by atoms with van der Waals surface area (Å²) >= 11 is 0. The second kappa shape index (κ2) is 2.41. The first-order valence-corrected chi connectivity index (χ1v) is 4.71. The first-order valence-electron chi connectivity index (χ1n) is 4.71. The van der Waals surface area contributed by atoms with E-state index in [0.717, 1.165) is 35.1 Å². The molecule has 0 fully saturated rings. The van der Waals surface area contributed by atoms with Crippen molar-refractivity contribution in [2.45, 2.75) is 12.8 Å². The minimum Gasteiger partial charge on any atom is -0.507 e. The van der Waals surface area contributed by atoms with Crippen LogP contribution in [0.4, 0.5) is 0 Å². The molecule has 2 aliphatic rings. The fourth-order valence-electron chi connectivity index (χ4n) is 2.23. The van der Waals surface area contributed by atoms with E-state index in [-0.39, 0.29) is 0 Å². The number of phenolic OH excluding ortho intramolecular Hbond substituents is 2. The van der Waals surface area contributed by atoms with E-state index in [9.17, 15) is 10.2 Å². The molecule has 0 unspecified atom stereocenters. The largest absolute Gasteiger partial charge is 0.507 e.